The Balaban J connectivity index is 1.26. The van der Waals surface area contributed by atoms with Gasteiger partial charge in [0.25, 0.3) is 0 Å². The number of likely N-dealkylation sites (tertiary alicyclic amines) is 1. The molecule has 3 aromatic rings. The minimum absolute atomic E-state index is 0.00495. The lowest BCUT2D eigenvalue weighted by atomic mass is 9.87. The van der Waals surface area contributed by atoms with Crippen LogP contribution in [0.1, 0.15) is 24.8 Å². The minimum Gasteiger partial charge on any atom is -0.378 e. The van der Waals surface area contributed by atoms with Crippen LogP contribution < -0.4 is 10.2 Å². The summed E-state index contributed by atoms with van der Waals surface area (Å²) in [5, 5.41) is 2.62. The molecular weight excluding hydrogens is 502 g/mol. The van der Waals surface area contributed by atoms with Gasteiger partial charge in [0, 0.05) is 50.3 Å². The number of hydrogen-bond acceptors (Lipinski definition) is 4. The van der Waals surface area contributed by atoms with Crippen molar-refractivity contribution in [2.24, 2.45) is 11.3 Å². The van der Waals surface area contributed by atoms with Gasteiger partial charge in [-0.05, 0) is 61.4 Å². The van der Waals surface area contributed by atoms with Crippen molar-refractivity contribution < 1.29 is 27.1 Å². The second-order valence-electron chi connectivity index (χ2n) is 10.5. The van der Waals surface area contributed by atoms with E-state index >= 15 is 0 Å². The van der Waals surface area contributed by atoms with E-state index in [0.717, 1.165) is 35.6 Å². The topological polar surface area (TPSA) is 62.1 Å². The third-order valence-corrected chi connectivity index (χ3v) is 8.30. The van der Waals surface area contributed by atoms with Gasteiger partial charge in [0.1, 0.15) is 5.82 Å². The number of pyridine rings is 1. The number of alkyl halides is 3. The van der Waals surface area contributed by atoms with E-state index in [4.69, 9.17) is 4.74 Å². The van der Waals surface area contributed by atoms with Gasteiger partial charge in [-0.15, -0.1) is 0 Å². The number of morpholine rings is 1. The van der Waals surface area contributed by atoms with Crippen molar-refractivity contribution in [1.82, 2.24) is 14.3 Å². The number of halogens is 4. The van der Waals surface area contributed by atoms with E-state index in [-0.39, 0.29) is 31.6 Å². The molecule has 1 N–H and O–H groups in total. The standard InChI is InChI=1S/C27H29F4N5O2/c1-17-12-21(28)22(33-25(37)36-6-2-19(16-36)26(3-4-26)27(29,30)31)14-20(17)18-13-23(34-8-10-38-11-9-34)24-32-5-7-35(24)15-18/h5,7,12-15,19H,2-4,6,8-11,16H2,1H3,(H,33,37). The van der Waals surface area contributed by atoms with Crippen LogP contribution in [0.15, 0.2) is 36.8 Å². The fourth-order valence-corrected chi connectivity index (χ4v) is 5.93. The van der Waals surface area contributed by atoms with Gasteiger partial charge in [0.05, 0.1) is 30.0 Å². The van der Waals surface area contributed by atoms with E-state index in [0.29, 0.717) is 25.2 Å². The largest absolute Gasteiger partial charge is 0.394 e. The number of imidazole rings is 1. The molecule has 3 aliphatic rings. The molecule has 0 spiro atoms. The van der Waals surface area contributed by atoms with Crippen molar-refractivity contribution in [3.8, 4) is 11.1 Å². The summed E-state index contributed by atoms with van der Waals surface area (Å²) < 4.78 is 63.1. The maximum absolute atomic E-state index is 15.0. The Morgan fingerprint density at radius 3 is 2.63 bits per heavy atom. The van der Waals surface area contributed by atoms with Crippen molar-refractivity contribution in [2.75, 3.05) is 49.6 Å². The molecule has 3 fully saturated rings. The predicted octanol–water partition coefficient (Wildman–Crippen LogP) is 5.48. The van der Waals surface area contributed by atoms with E-state index < -0.39 is 29.4 Å². The molecule has 2 aromatic heterocycles. The molecule has 2 amide bonds. The lowest BCUT2D eigenvalue weighted by molar-refractivity contribution is -0.201. The monoisotopic (exact) mass is 531 g/mol. The Labute approximate surface area is 217 Å². The van der Waals surface area contributed by atoms with E-state index in [1.807, 2.05) is 22.9 Å². The van der Waals surface area contributed by atoms with Crippen LogP contribution in [-0.2, 0) is 4.74 Å². The highest BCUT2D eigenvalue weighted by atomic mass is 19.4. The molecule has 4 heterocycles. The van der Waals surface area contributed by atoms with Crippen molar-refractivity contribution in [1.29, 1.82) is 0 Å². The first-order valence-electron chi connectivity index (χ1n) is 12.9. The molecule has 1 unspecified atom stereocenters. The summed E-state index contributed by atoms with van der Waals surface area (Å²) in [4.78, 5) is 21.0. The molecule has 0 bridgehead atoms. The Kier molecular flexibility index (Phi) is 6.01. The summed E-state index contributed by atoms with van der Waals surface area (Å²) in [7, 11) is 0. The van der Waals surface area contributed by atoms with Gasteiger partial charge >= 0.3 is 12.2 Å². The fraction of sp³-hybridized carbons (Fsp3) is 0.481. The molecule has 6 rings (SSSR count). The van der Waals surface area contributed by atoms with Gasteiger partial charge in [-0.25, -0.2) is 14.2 Å². The summed E-state index contributed by atoms with van der Waals surface area (Å²) >= 11 is 0. The zero-order valence-corrected chi connectivity index (χ0v) is 21.0. The van der Waals surface area contributed by atoms with Crippen molar-refractivity contribution in [2.45, 2.75) is 32.4 Å². The van der Waals surface area contributed by atoms with Crippen molar-refractivity contribution in [3.63, 3.8) is 0 Å². The maximum Gasteiger partial charge on any atom is 0.394 e. The zero-order valence-electron chi connectivity index (χ0n) is 21.0. The lowest BCUT2D eigenvalue weighted by Gasteiger charge is -2.29. The number of ether oxygens (including phenoxy) is 1. The Morgan fingerprint density at radius 1 is 1.16 bits per heavy atom. The molecule has 1 aliphatic carbocycles. The van der Waals surface area contributed by atoms with Crippen LogP contribution in [0, 0.1) is 24.1 Å². The van der Waals surface area contributed by atoms with E-state index in [2.05, 4.69) is 15.2 Å². The molecule has 1 atom stereocenters. The number of aryl methyl sites for hydroxylation is 1. The number of nitrogens with one attached hydrogen (secondary N) is 1. The second-order valence-corrected chi connectivity index (χ2v) is 10.5. The quantitative estimate of drug-likeness (QED) is 0.453. The molecule has 38 heavy (non-hydrogen) atoms. The van der Waals surface area contributed by atoms with Gasteiger partial charge in [-0.2, -0.15) is 13.2 Å². The van der Waals surface area contributed by atoms with Gasteiger partial charge in [0.15, 0.2) is 5.65 Å². The smallest absolute Gasteiger partial charge is 0.378 e. The third-order valence-electron chi connectivity index (χ3n) is 8.30. The molecule has 1 aromatic carbocycles. The molecule has 11 heteroatoms. The maximum atomic E-state index is 15.0. The molecule has 7 nitrogen and oxygen atoms in total. The van der Waals surface area contributed by atoms with Crippen LogP contribution >= 0.6 is 0 Å². The number of fused-ring (bicyclic) bond motifs is 1. The Bertz CT molecular complexity index is 1380. The predicted molar refractivity (Wildman–Crippen MR) is 135 cm³/mol. The minimum atomic E-state index is -4.27. The third kappa shape index (κ3) is 4.26. The number of urea groups is 1. The number of nitrogens with zero attached hydrogens (tertiary/aromatic N) is 4. The first kappa shape index (κ1) is 25.0. The average molecular weight is 532 g/mol. The number of anilines is 2. The number of carbonyl (C=O) groups excluding carboxylic acids is 1. The van der Waals surface area contributed by atoms with E-state index in [1.165, 1.54) is 11.0 Å². The van der Waals surface area contributed by atoms with Crippen molar-refractivity contribution in [3.05, 3.63) is 48.2 Å². The molecular formula is C27H29F4N5O2. The zero-order chi connectivity index (χ0) is 26.7. The van der Waals surface area contributed by atoms with Crippen LogP contribution in [0.2, 0.25) is 0 Å². The highest BCUT2D eigenvalue weighted by Gasteiger charge is 2.67. The molecule has 0 radical (unpaired) electrons. The van der Waals surface area contributed by atoms with Crippen LogP contribution in [0.4, 0.5) is 33.7 Å². The molecule has 2 aliphatic heterocycles. The summed E-state index contributed by atoms with van der Waals surface area (Å²) in [6.07, 6.45) is 1.74. The number of rotatable bonds is 4. The number of carbonyl (C=O) groups is 1. The summed E-state index contributed by atoms with van der Waals surface area (Å²) in [6, 6.07) is 4.39. The van der Waals surface area contributed by atoms with Crippen LogP contribution in [-0.4, -0.2) is 65.9 Å². The molecule has 2 saturated heterocycles. The van der Waals surface area contributed by atoms with Gasteiger partial charge in [0.2, 0.25) is 0 Å². The Morgan fingerprint density at radius 2 is 1.92 bits per heavy atom. The first-order valence-corrected chi connectivity index (χ1v) is 12.9. The molecule has 202 valence electrons. The normalized spacial score (nSPS) is 21.2. The summed E-state index contributed by atoms with van der Waals surface area (Å²) in [6.45, 7) is 4.72. The highest BCUT2D eigenvalue weighted by molar-refractivity contribution is 5.91. The van der Waals surface area contributed by atoms with Crippen molar-refractivity contribution >= 4 is 23.1 Å². The number of amides is 2. The summed E-state index contributed by atoms with van der Waals surface area (Å²) in [5.74, 6) is -1.21. The van der Waals surface area contributed by atoms with Gasteiger partial charge in [-0.3, -0.25) is 0 Å². The van der Waals surface area contributed by atoms with Crippen LogP contribution in [0.25, 0.3) is 16.8 Å². The SMILES string of the molecule is Cc1cc(F)c(NC(=O)N2CCC(C3(C(F)(F)F)CC3)C2)cc1-c1cc(N2CCOCC2)c2nccn2c1. The number of aromatic nitrogens is 2. The first-order chi connectivity index (χ1) is 18.2. The highest BCUT2D eigenvalue weighted by Crippen LogP contribution is 2.64. The lowest BCUT2D eigenvalue weighted by Crippen LogP contribution is -2.37. The summed E-state index contributed by atoms with van der Waals surface area (Å²) in [5.41, 5.74) is 2.32. The van der Waals surface area contributed by atoms with E-state index in [9.17, 15) is 22.4 Å². The van der Waals surface area contributed by atoms with Gasteiger partial charge < -0.3 is 24.3 Å². The fourth-order valence-electron chi connectivity index (χ4n) is 5.93. The second kappa shape index (κ2) is 9.14. The van der Waals surface area contributed by atoms with Gasteiger partial charge in [-0.1, -0.05) is 0 Å². The van der Waals surface area contributed by atoms with Crippen LogP contribution in [0.3, 0.4) is 0 Å². The van der Waals surface area contributed by atoms with Crippen LogP contribution in [0.5, 0.6) is 0 Å². The average Bonchev–Trinajstić information content (AvgIpc) is 3.33. The van der Waals surface area contributed by atoms with E-state index in [1.54, 1.807) is 19.2 Å². The molecule has 1 saturated carbocycles. The Hall–Kier alpha value is -3.34. The number of benzene rings is 1. The number of hydrogen-bond donors (Lipinski definition) is 1.